The van der Waals surface area contributed by atoms with Crippen LogP contribution in [0.4, 0.5) is 0 Å². The molecule has 2 aliphatic rings. The molecule has 5 heteroatoms. The molecular weight excluding hydrogens is 513 g/mol. The van der Waals surface area contributed by atoms with Crippen molar-refractivity contribution in [1.82, 2.24) is 14.1 Å². The summed E-state index contributed by atoms with van der Waals surface area (Å²) >= 11 is 0. The summed E-state index contributed by atoms with van der Waals surface area (Å²) in [5.41, 5.74) is 11.5. The molecule has 0 amide bonds. The molecule has 4 nitrogen and oxygen atoms in total. The second kappa shape index (κ2) is 8.02. The lowest BCUT2D eigenvalue weighted by Gasteiger charge is -2.33. The average Bonchev–Trinajstić information content (AvgIpc) is 3.60. The van der Waals surface area contributed by atoms with E-state index in [-0.39, 0.29) is 6.71 Å². The number of hydrogen-bond acceptors (Lipinski definition) is 2. The van der Waals surface area contributed by atoms with Crippen LogP contribution >= 0.6 is 0 Å². The Balaban J connectivity index is 1.23. The number of ether oxygens (including phenoxy) is 1. The molecule has 0 bridgehead atoms. The summed E-state index contributed by atoms with van der Waals surface area (Å²) in [7, 11) is 0. The number of rotatable bonds is 2. The van der Waals surface area contributed by atoms with E-state index in [0.717, 1.165) is 39.8 Å². The van der Waals surface area contributed by atoms with Crippen molar-refractivity contribution in [2.75, 3.05) is 0 Å². The van der Waals surface area contributed by atoms with Crippen molar-refractivity contribution in [3.8, 4) is 34.3 Å². The molecule has 0 spiro atoms. The Kier molecular flexibility index (Phi) is 4.23. The molecule has 10 rings (SSSR count). The molecule has 4 heterocycles. The van der Waals surface area contributed by atoms with Gasteiger partial charge in [0.15, 0.2) is 0 Å². The normalized spacial score (nSPS) is 12.9. The van der Waals surface area contributed by atoms with Crippen LogP contribution in [-0.2, 0) is 0 Å². The van der Waals surface area contributed by atoms with E-state index in [0.29, 0.717) is 0 Å². The molecule has 0 N–H and O–H groups in total. The van der Waals surface area contributed by atoms with E-state index in [4.69, 9.17) is 9.72 Å². The lowest BCUT2D eigenvalue weighted by molar-refractivity contribution is 0.487. The van der Waals surface area contributed by atoms with E-state index < -0.39 is 0 Å². The number of hydrogen-bond donors (Lipinski definition) is 0. The third-order valence-electron chi connectivity index (χ3n) is 8.99. The molecule has 0 radical (unpaired) electrons. The van der Waals surface area contributed by atoms with Gasteiger partial charge in [-0.05, 0) is 52.8 Å². The van der Waals surface area contributed by atoms with Gasteiger partial charge in [-0.3, -0.25) is 4.57 Å². The van der Waals surface area contributed by atoms with Crippen LogP contribution in [0, 0.1) is 0 Å². The summed E-state index contributed by atoms with van der Waals surface area (Å²) in [6, 6.07) is 47.4. The predicted octanol–water partition coefficient (Wildman–Crippen LogP) is 6.72. The highest BCUT2D eigenvalue weighted by molar-refractivity contribution is 6.99. The van der Waals surface area contributed by atoms with E-state index >= 15 is 0 Å². The molecule has 0 saturated heterocycles. The Bertz CT molecular complexity index is 2350. The number of fused-ring (bicyclic) bond motifs is 7. The van der Waals surface area contributed by atoms with Crippen molar-refractivity contribution in [3.05, 3.63) is 133 Å². The zero-order chi connectivity index (χ0) is 27.4. The Hall–Kier alpha value is -5.55. The first-order chi connectivity index (χ1) is 20.8. The first kappa shape index (κ1) is 22.2. The van der Waals surface area contributed by atoms with Gasteiger partial charge in [-0.2, -0.15) is 0 Å². The van der Waals surface area contributed by atoms with Gasteiger partial charge in [0.05, 0.1) is 22.1 Å². The predicted molar refractivity (Wildman–Crippen MR) is 172 cm³/mol. The third kappa shape index (κ3) is 2.80. The summed E-state index contributed by atoms with van der Waals surface area (Å²) in [6.45, 7) is 0.0590. The molecule has 194 valence electrons. The van der Waals surface area contributed by atoms with Crippen LogP contribution in [0.1, 0.15) is 0 Å². The van der Waals surface area contributed by atoms with Gasteiger partial charge in [0.2, 0.25) is 0 Å². The van der Waals surface area contributed by atoms with Crippen LogP contribution < -0.4 is 21.1 Å². The number of benzene rings is 6. The molecule has 42 heavy (non-hydrogen) atoms. The second-order valence-corrected chi connectivity index (χ2v) is 11.2. The Morgan fingerprint density at radius 1 is 0.571 bits per heavy atom. The Morgan fingerprint density at radius 3 is 2.12 bits per heavy atom. The standard InChI is InChI=1S/C37H22BN3O/c1-2-10-23(11-3-1)37-39-29-15-8-14-28-36(29)41(37)32-18-9-19-33-35(32)38(28)27-21-20-24(22-34(27)42-33)40-30-16-6-4-12-25(30)26-13-5-7-17-31(26)40/h1-22H. The number of nitrogens with zero attached hydrogens (tertiary/aromatic N) is 3. The molecular formula is C37H22BN3O. The summed E-state index contributed by atoms with van der Waals surface area (Å²) in [5, 5.41) is 2.51. The average molecular weight is 535 g/mol. The zero-order valence-corrected chi connectivity index (χ0v) is 22.5. The van der Waals surface area contributed by atoms with Gasteiger partial charge in [0.25, 0.3) is 6.71 Å². The van der Waals surface area contributed by atoms with Crippen LogP contribution in [0.5, 0.6) is 11.5 Å². The van der Waals surface area contributed by atoms with Crippen molar-refractivity contribution < 1.29 is 4.74 Å². The van der Waals surface area contributed by atoms with Crippen molar-refractivity contribution in [1.29, 1.82) is 0 Å². The smallest absolute Gasteiger partial charge is 0.256 e. The number of aromatic nitrogens is 3. The third-order valence-corrected chi connectivity index (χ3v) is 8.99. The maximum atomic E-state index is 6.77. The first-order valence-electron chi connectivity index (χ1n) is 14.4. The lowest BCUT2D eigenvalue weighted by atomic mass is 9.34. The minimum atomic E-state index is 0.0590. The highest BCUT2D eigenvalue weighted by Crippen LogP contribution is 2.37. The fourth-order valence-corrected chi connectivity index (χ4v) is 7.29. The minimum absolute atomic E-state index is 0.0590. The maximum absolute atomic E-state index is 6.77. The molecule has 0 aliphatic carbocycles. The summed E-state index contributed by atoms with van der Waals surface area (Å²) in [4.78, 5) is 5.15. The summed E-state index contributed by atoms with van der Waals surface area (Å²) in [6.07, 6.45) is 0. The van der Waals surface area contributed by atoms with E-state index in [1.54, 1.807) is 0 Å². The lowest BCUT2D eigenvalue weighted by Crippen LogP contribution is -2.58. The van der Waals surface area contributed by atoms with E-state index in [1.807, 2.05) is 6.07 Å². The molecule has 0 atom stereocenters. The van der Waals surface area contributed by atoms with Gasteiger partial charge < -0.3 is 9.30 Å². The van der Waals surface area contributed by atoms with E-state index in [2.05, 4.69) is 137 Å². The van der Waals surface area contributed by atoms with Gasteiger partial charge in [-0.25, -0.2) is 4.98 Å². The van der Waals surface area contributed by atoms with Crippen LogP contribution in [0.2, 0.25) is 0 Å². The zero-order valence-electron chi connectivity index (χ0n) is 22.5. The Morgan fingerprint density at radius 2 is 1.31 bits per heavy atom. The molecule has 6 aromatic carbocycles. The Labute approximate surface area is 242 Å². The molecule has 0 unspecified atom stereocenters. The molecule has 0 fully saturated rings. The van der Waals surface area contributed by atoms with Gasteiger partial charge in [0, 0.05) is 33.8 Å². The van der Waals surface area contributed by atoms with Crippen molar-refractivity contribution in [2.45, 2.75) is 0 Å². The topological polar surface area (TPSA) is 32.0 Å². The quantitative estimate of drug-likeness (QED) is 0.230. The second-order valence-electron chi connectivity index (χ2n) is 11.2. The minimum Gasteiger partial charge on any atom is -0.458 e. The fourth-order valence-electron chi connectivity index (χ4n) is 7.29. The van der Waals surface area contributed by atoms with Crippen LogP contribution in [0.25, 0.3) is 55.6 Å². The van der Waals surface area contributed by atoms with Gasteiger partial charge in [0.1, 0.15) is 17.3 Å². The monoisotopic (exact) mass is 535 g/mol. The van der Waals surface area contributed by atoms with Crippen LogP contribution in [-0.4, -0.2) is 20.8 Å². The maximum Gasteiger partial charge on any atom is 0.256 e. The van der Waals surface area contributed by atoms with Crippen LogP contribution in [0.15, 0.2) is 133 Å². The summed E-state index contributed by atoms with van der Waals surface area (Å²) in [5.74, 6) is 2.76. The van der Waals surface area contributed by atoms with E-state index in [9.17, 15) is 0 Å². The number of imidazole rings is 1. The fraction of sp³-hybridized carbons (Fsp3) is 0. The van der Waals surface area contributed by atoms with Gasteiger partial charge in [-0.15, -0.1) is 0 Å². The van der Waals surface area contributed by atoms with Crippen LogP contribution in [0.3, 0.4) is 0 Å². The summed E-state index contributed by atoms with van der Waals surface area (Å²) < 4.78 is 11.5. The highest BCUT2D eigenvalue weighted by Gasteiger charge is 2.40. The largest absolute Gasteiger partial charge is 0.458 e. The van der Waals surface area contributed by atoms with Crippen molar-refractivity contribution in [2.24, 2.45) is 0 Å². The molecule has 8 aromatic rings. The van der Waals surface area contributed by atoms with Gasteiger partial charge >= 0.3 is 0 Å². The van der Waals surface area contributed by atoms with Crippen molar-refractivity contribution in [3.63, 3.8) is 0 Å². The molecule has 2 aromatic heterocycles. The first-order valence-corrected chi connectivity index (χ1v) is 14.4. The highest BCUT2D eigenvalue weighted by atomic mass is 16.5. The molecule has 2 aliphatic heterocycles. The van der Waals surface area contributed by atoms with E-state index in [1.165, 1.54) is 43.7 Å². The van der Waals surface area contributed by atoms with Crippen molar-refractivity contribution >= 4 is 55.9 Å². The van der Waals surface area contributed by atoms with Gasteiger partial charge in [-0.1, -0.05) is 91.0 Å². The SMILES string of the molecule is c1ccc(-c2nc3cccc4c3n2-c2cccc3c2B4c2ccc(-n4c5ccccc5c5ccccc54)cc2O3)cc1. The molecule has 0 saturated carbocycles. The number of para-hydroxylation sites is 3.